The second kappa shape index (κ2) is 9.53. The molecule has 0 bridgehead atoms. The number of halogens is 1. The quantitative estimate of drug-likeness (QED) is 0.426. The summed E-state index contributed by atoms with van der Waals surface area (Å²) in [6.45, 7) is 0.130. The van der Waals surface area contributed by atoms with Gasteiger partial charge in [-0.25, -0.2) is 9.18 Å². The first-order valence-electron chi connectivity index (χ1n) is 10.3. The molecule has 4 aromatic rings. The van der Waals surface area contributed by atoms with Gasteiger partial charge in [-0.05, 0) is 29.8 Å². The van der Waals surface area contributed by atoms with Crippen molar-refractivity contribution < 1.29 is 13.7 Å². The van der Waals surface area contributed by atoms with E-state index in [1.165, 1.54) is 35.9 Å². The summed E-state index contributed by atoms with van der Waals surface area (Å²) >= 11 is 0. The van der Waals surface area contributed by atoms with Crippen LogP contribution in [0, 0.1) is 5.82 Å². The molecule has 34 heavy (non-hydrogen) atoms. The van der Waals surface area contributed by atoms with Crippen molar-refractivity contribution in [1.29, 1.82) is 0 Å². The Bertz CT molecular complexity index is 1430. The van der Waals surface area contributed by atoms with Gasteiger partial charge in [0.05, 0.1) is 6.54 Å². The Kier molecular flexibility index (Phi) is 6.35. The average Bonchev–Trinajstić information content (AvgIpc) is 3.30. The Morgan fingerprint density at radius 2 is 1.85 bits per heavy atom. The zero-order chi connectivity index (χ0) is 24.2. The van der Waals surface area contributed by atoms with Crippen LogP contribution < -0.4 is 21.9 Å². The summed E-state index contributed by atoms with van der Waals surface area (Å²) in [5, 5.41) is 3.84. The lowest BCUT2D eigenvalue weighted by atomic mass is 10.2. The number of nitrogen functional groups attached to an aromatic ring is 1. The molecule has 0 aliphatic heterocycles. The van der Waals surface area contributed by atoms with Crippen LogP contribution >= 0.6 is 0 Å². The van der Waals surface area contributed by atoms with E-state index in [1.54, 1.807) is 0 Å². The molecule has 0 aliphatic rings. The fourth-order valence-corrected chi connectivity index (χ4v) is 3.40. The van der Waals surface area contributed by atoms with Gasteiger partial charge in [0.15, 0.2) is 5.69 Å². The predicted molar refractivity (Wildman–Crippen MR) is 123 cm³/mol. The molecule has 0 saturated carbocycles. The van der Waals surface area contributed by atoms with E-state index in [4.69, 9.17) is 10.3 Å². The summed E-state index contributed by atoms with van der Waals surface area (Å²) in [5.74, 6) is -0.472. The molecular formula is C23H21FN6O4. The van der Waals surface area contributed by atoms with Crippen molar-refractivity contribution in [1.82, 2.24) is 19.7 Å². The van der Waals surface area contributed by atoms with Crippen molar-refractivity contribution in [2.75, 3.05) is 17.7 Å². The second-order valence-electron chi connectivity index (χ2n) is 7.54. The minimum Gasteiger partial charge on any atom is -0.383 e. The number of anilines is 2. The summed E-state index contributed by atoms with van der Waals surface area (Å²) in [4.78, 5) is 45.1. The number of benzene rings is 2. The van der Waals surface area contributed by atoms with Gasteiger partial charge in [-0.15, -0.1) is 0 Å². The number of aromatic nitrogens is 4. The number of nitrogens with zero attached hydrogens (tertiary/aromatic N) is 4. The summed E-state index contributed by atoms with van der Waals surface area (Å²) in [5.41, 5.74) is 5.95. The third kappa shape index (κ3) is 4.77. The standard InChI is InChI=1S/C23H21FN6O4/c1-29(18(31)12-11-17-26-21(28-34-17)15-7-9-16(24)10-8-15)19-20(25)30(23(33)27-22(19)32)13-14-5-3-2-4-6-14/h2-10H,11-13,25H2,1H3,(H,27,32,33). The lowest BCUT2D eigenvalue weighted by Crippen LogP contribution is -2.39. The monoisotopic (exact) mass is 464 g/mol. The van der Waals surface area contributed by atoms with Crippen LogP contribution in [0.3, 0.4) is 0 Å². The minimum absolute atomic E-state index is 0.0573. The van der Waals surface area contributed by atoms with Crippen LogP contribution in [0.5, 0.6) is 0 Å². The Morgan fingerprint density at radius 1 is 1.15 bits per heavy atom. The number of aromatic amines is 1. The molecule has 0 fully saturated rings. The van der Waals surface area contributed by atoms with E-state index in [0.717, 1.165) is 10.5 Å². The van der Waals surface area contributed by atoms with Gasteiger partial charge in [-0.3, -0.25) is 19.1 Å². The number of hydrogen-bond acceptors (Lipinski definition) is 7. The molecule has 1 amide bonds. The van der Waals surface area contributed by atoms with Crippen molar-refractivity contribution in [3.05, 3.63) is 92.7 Å². The SMILES string of the molecule is CN(C(=O)CCc1nc(-c2ccc(F)cc2)no1)c1c(N)n(Cc2ccccc2)c(=O)[nH]c1=O. The molecular weight excluding hydrogens is 443 g/mol. The molecule has 2 aromatic heterocycles. The Labute approximate surface area is 192 Å². The first-order chi connectivity index (χ1) is 16.3. The van der Waals surface area contributed by atoms with Gasteiger partial charge in [-0.2, -0.15) is 4.98 Å². The fourth-order valence-electron chi connectivity index (χ4n) is 3.40. The van der Waals surface area contributed by atoms with Crippen molar-refractivity contribution in [3.8, 4) is 11.4 Å². The van der Waals surface area contributed by atoms with Crippen LogP contribution in [0.2, 0.25) is 0 Å². The van der Waals surface area contributed by atoms with E-state index in [0.29, 0.717) is 5.56 Å². The van der Waals surface area contributed by atoms with Gasteiger partial charge in [0.1, 0.15) is 11.6 Å². The van der Waals surface area contributed by atoms with E-state index in [-0.39, 0.29) is 48.4 Å². The number of nitrogens with two attached hydrogens (primary N) is 1. The molecule has 0 radical (unpaired) electrons. The molecule has 0 saturated heterocycles. The van der Waals surface area contributed by atoms with E-state index in [1.807, 2.05) is 30.3 Å². The largest absolute Gasteiger partial charge is 0.383 e. The summed E-state index contributed by atoms with van der Waals surface area (Å²) in [6.07, 6.45) is 0.0527. The van der Waals surface area contributed by atoms with Gasteiger partial charge < -0.3 is 15.2 Å². The molecule has 3 N–H and O–H groups in total. The molecule has 0 unspecified atom stereocenters. The Hall–Kier alpha value is -4.54. The third-order valence-electron chi connectivity index (χ3n) is 5.23. The lowest BCUT2D eigenvalue weighted by molar-refractivity contribution is -0.118. The number of amides is 1. The maximum atomic E-state index is 13.1. The molecule has 4 rings (SSSR count). The molecule has 10 nitrogen and oxygen atoms in total. The Balaban J connectivity index is 1.49. The van der Waals surface area contributed by atoms with E-state index in [9.17, 15) is 18.8 Å². The van der Waals surface area contributed by atoms with Crippen molar-refractivity contribution in [2.45, 2.75) is 19.4 Å². The van der Waals surface area contributed by atoms with E-state index < -0.39 is 17.2 Å². The summed E-state index contributed by atoms with van der Waals surface area (Å²) < 4.78 is 19.5. The number of H-pyrrole nitrogens is 1. The Morgan fingerprint density at radius 3 is 2.56 bits per heavy atom. The van der Waals surface area contributed by atoms with Gasteiger partial charge in [0, 0.05) is 25.5 Å². The highest BCUT2D eigenvalue weighted by atomic mass is 19.1. The van der Waals surface area contributed by atoms with Crippen molar-refractivity contribution >= 4 is 17.4 Å². The van der Waals surface area contributed by atoms with Gasteiger partial charge in [0.2, 0.25) is 17.6 Å². The molecule has 174 valence electrons. The van der Waals surface area contributed by atoms with Crippen LogP contribution in [-0.2, 0) is 17.8 Å². The van der Waals surface area contributed by atoms with Crippen LogP contribution in [0.1, 0.15) is 17.9 Å². The molecule has 0 aliphatic carbocycles. The van der Waals surface area contributed by atoms with E-state index in [2.05, 4.69) is 15.1 Å². The van der Waals surface area contributed by atoms with Gasteiger partial charge >= 0.3 is 5.69 Å². The molecule has 0 atom stereocenters. The van der Waals surface area contributed by atoms with Crippen molar-refractivity contribution in [2.24, 2.45) is 0 Å². The fraction of sp³-hybridized carbons (Fsp3) is 0.174. The van der Waals surface area contributed by atoms with Crippen LogP contribution in [0.15, 0.2) is 68.7 Å². The maximum absolute atomic E-state index is 13.1. The molecule has 2 heterocycles. The zero-order valence-corrected chi connectivity index (χ0v) is 18.2. The number of nitrogens with one attached hydrogen (secondary N) is 1. The first kappa shape index (κ1) is 22.6. The highest BCUT2D eigenvalue weighted by Gasteiger charge is 2.22. The third-order valence-corrected chi connectivity index (χ3v) is 5.23. The zero-order valence-electron chi connectivity index (χ0n) is 18.2. The molecule has 2 aromatic carbocycles. The predicted octanol–water partition coefficient (Wildman–Crippen LogP) is 1.95. The van der Waals surface area contributed by atoms with Crippen LogP contribution in [-0.4, -0.2) is 32.6 Å². The average molecular weight is 464 g/mol. The number of carbonyl (C=O) groups is 1. The lowest BCUT2D eigenvalue weighted by Gasteiger charge is -2.20. The van der Waals surface area contributed by atoms with Crippen molar-refractivity contribution in [3.63, 3.8) is 0 Å². The minimum atomic E-state index is -0.765. The number of hydrogen-bond donors (Lipinski definition) is 2. The van der Waals surface area contributed by atoms with Gasteiger partial charge in [0.25, 0.3) is 5.56 Å². The smallest absolute Gasteiger partial charge is 0.330 e. The van der Waals surface area contributed by atoms with E-state index >= 15 is 0 Å². The highest BCUT2D eigenvalue weighted by molar-refractivity contribution is 5.95. The highest BCUT2D eigenvalue weighted by Crippen LogP contribution is 2.19. The number of rotatable bonds is 7. The van der Waals surface area contributed by atoms with Crippen LogP contribution in [0.4, 0.5) is 15.9 Å². The number of carbonyl (C=O) groups excluding carboxylic acids is 1. The maximum Gasteiger partial charge on any atom is 0.330 e. The normalized spacial score (nSPS) is 10.9. The molecule has 0 spiro atoms. The van der Waals surface area contributed by atoms with Crippen LogP contribution in [0.25, 0.3) is 11.4 Å². The second-order valence-corrected chi connectivity index (χ2v) is 7.54. The molecule has 11 heteroatoms. The first-order valence-corrected chi connectivity index (χ1v) is 10.3. The summed E-state index contributed by atoms with van der Waals surface area (Å²) in [7, 11) is 1.40. The number of aryl methyl sites for hydroxylation is 1. The topological polar surface area (TPSA) is 140 Å². The van der Waals surface area contributed by atoms with Gasteiger partial charge in [-0.1, -0.05) is 35.5 Å². The summed E-state index contributed by atoms with van der Waals surface area (Å²) in [6, 6.07) is 14.7.